The maximum atomic E-state index is 13.6. The van der Waals surface area contributed by atoms with Crippen molar-refractivity contribution in [2.24, 2.45) is 16.3 Å². The van der Waals surface area contributed by atoms with Crippen LogP contribution in [0.4, 0.5) is 26.3 Å². The van der Waals surface area contributed by atoms with Crippen molar-refractivity contribution in [2.45, 2.75) is 38.5 Å². The summed E-state index contributed by atoms with van der Waals surface area (Å²) >= 11 is 0. The van der Waals surface area contributed by atoms with Gasteiger partial charge in [0.2, 0.25) is 0 Å². The number of halogens is 6. The molecule has 1 heterocycles. The number of piperidine rings is 1. The summed E-state index contributed by atoms with van der Waals surface area (Å²) in [6.07, 6.45) is -2.87. The molecular weight excluding hydrogens is 486 g/mol. The topological polar surface area (TPSA) is 44.7 Å². The lowest BCUT2D eigenvalue weighted by Crippen LogP contribution is -2.40. The number of benzene rings is 1. The van der Waals surface area contributed by atoms with Crippen LogP contribution in [0, 0.1) is 17.2 Å². The SMILES string of the molecule is CC(C)(C(P)=NCCN1CCC(CNC(=O)c2cc(F)cc(C(F)(F)P)c2)CC1)C(F)(F)F. The fraction of sp³-hybridized carbons (Fsp3) is 0.619. The van der Waals surface area contributed by atoms with Crippen molar-refractivity contribution in [1.82, 2.24) is 10.2 Å². The van der Waals surface area contributed by atoms with Crippen LogP contribution in [-0.4, -0.2) is 55.2 Å². The van der Waals surface area contributed by atoms with E-state index in [4.69, 9.17) is 0 Å². The summed E-state index contributed by atoms with van der Waals surface area (Å²) in [5.74, 6) is -1.38. The van der Waals surface area contributed by atoms with E-state index < -0.39 is 34.5 Å². The van der Waals surface area contributed by atoms with Gasteiger partial charge in [-0.3, -0.25) is 9.79 Å². The number of alkyl halides is 5. The van der Waals surface area contributed by atoms with Crippen LogP contribution in [0.25, 0.3) is 0 Å². The third kappa shape index (κ3) is 7.90. The van der Waals surface area contributed by atoms with Crippen molar-refractivity contribution < 1.29 is 31.1 Å². The highest BCUT2D eigenvalue weighted by molar-refractivity contribution is 7.41. The first-order chi connectivity index (χ1) is 15.1. The van der Waals surface area contributed by atoms with Gasteiger partial charge >= 0.3 is 6.18 Å². The van der Waals surface area contributed by atoms with Gasteiger partial charge in [0.15, 0.2) is 0 Å². The zero-order valence-corrected chi connectivity index (χ0v) is 20.8. The fourth-order valence-electron chi connectivity index (χ4n) is 3.32. The van der Waals surface area contributed by atoms with Crippen LogP contribution >= 0.6 is 18.5 Å². The van der Waals surface area contributed by atoms with Gasteiger partial charge in [-0.25, -0.2) is 4.39 Å². The molecule has 1 saturated heterocycles. The zero-order valence-electron chi connectivity index (χ0n) is 18.5. The number of carbonyl (C=O) groups is 1. The van der Waals surface area contributed by atoms with Gasteiger partial charge in [0.1, 0.15) is 11.2 Å². The first kappa shape index (κ1) is 28.0. The molecule has 1 N–H and O–H groups in total. The number of amides is 1. The maximum Gasteiger partial charge on any atom is 0.399 e. The fourth-order valence-corrected chi connectivity index (χ4v) is 3.78. The van der Waals surface area contributed by atoms with Crippen molar-refractivity contribution in [3.05, 3.63) is 35.1 Å². The minimum atomic E-state index is -4.38. The van der Waals surface area contributed by atoms with Crippen molar-refractivity contribution in [3.63, 3.8) is 0 Å². The summed E-state index contributed by atoms with van der Waals surface area (Å²) in [6, 6.07) is 2.57. The molecule has 2 unspecified atom stereocenters. The molecule has 1 fully saturated rings. The van der Waals surface area contributed by atoms with Crippen LogP contribution in [0.2, 0.25) is 0 Å². The summed E-state index contributed by atoms with van der Waals surface area (Å²) in [7, 11) is 3.40. The van der Waals surface area contributed by atoms with Crippen LogP contribution < -0.4 is 5.32 Å². The van der Waals surface area contributed by atoms with Gasteiger partial charge in [0, 0.05) is 29.7 Å². The largest absolute Gasteiger partial charge is 0.399 e. The van der Waals surface area contributed by atoms with E-state index in [1.807, 2.05) is 0 Å². The van der Waals surface area contributed by atoms with Gasteiger partial charge < -0.3 is 10.2 Å². The number of nitrogens with zero attached hydrogens (tertiary/aromatic N) is 2. The van der Waals surface area contributed by atoms with Crippen molar-refractivity contribution >= 4 is 29.8 Å². The molecular formula is C21H29F6N3OP2. The molecule has 0 aromatic heterocycles. The number of nitrogens with one attached hydrogen (secondary N) is 1. The third-order valence-electron chi connectivity index (χ3n) is 5.85. The van der Waals surface area contributed by atoms with Gasteiger partial charge in [0.05, 0.1) is 6.54 Å². The Bertz CT molecular complexity index is 863. The lowest BCUT2D eigenvalue weighted by molar-refractivity contribution is -0.185. The average molecular weight is 515 g/mol. The zero-order chi connectivity index (χ0) is 25.0. The molecule has 1 aliphatic heterocycles. The second kappa shape index (κ2) is 11.0. The van der Waals surface area contributed by atoms with Crippen LogP contribution in [0.3, 0.4) is 0 Å². The van der Waals surface area contributed by atoms with E-state index in [1.165, 1.54) is 9.24 Å². The Morgan fingerprint density at radius 1 is 1.15 bits per heavy atom. The standard InChI is InChI=1S/C21H29F6N3OP2/c1-19(2,21(25,26)27)18(32)28-5-8-30-6-3-13(4-7-30)12-29-17(31)14-9-15(20(23,24)33)11-16(22)10-14/h9-11,13H,3-8,12,32-33H2,1-2H3,(H,29,31). The molecule has 1 aromatic rings. The van der Waals surface area contributed by atoms with E-state index in [0.29, 0.717) is 32.2 Å². The minimum Gasteiger partial charge on any atom is -0.352 e. The summed E-state index contributed by atoms with van der Waals surface area (Å²) in [6.45, 7) is 4.69. The molecule has 186 valence electrons. The second-order valence-corrected chi connectivity index (χ2v) is 10.0. The van der Waals surface area contributed by atoms with E-state index in [1.54, 1.807) is 0 Å². The predicted octanol–water partition coefficient (Wildman–Crippen LogP) is 5.05. The molecule has 0 aliphatic carbocycles. The predicted molar refractivity (Wildman–Crippen MR) is 123 cm³/mol. The van der Waals surface area contributed by atoms with Gasteiger partial charge in [0.25, 0.3) is 11.6 Å². The quantitative estimate of drug-likeness (QED) is 0.299. The van der Waals surface area contributed by atoms with Crippen molar-refractivity contribution in [1.29, 1.82) is 0 Å². The van der Waals surface area contributed by atoms with Gasteiger partial charge in [-0.1, -0.05) is 18.5 Å². The highest BCUT2D eigenvalue weighted by Gasteiger charge is 2.49. The number of hydrogen-bond acceptors (Lipinski definition) is 3. The number of carbonyl (C=O) groups excluding carboxylic acids is 1. The summed E-state index contributed by atoms with van der Waals surface area (Å²) < 4.78 is 79.7. The monoisotopic (exact) mass is 515 g/mol. The Balaban J connectivity index is 1.79. The Kier molecular flexibility index (Phi) is 9.34. The highest BCUT2D eigenvalue weighted by atomic mass is 31.0. The number of likely N-dealkylation sites (tertiary alicyclic amines) is 1. The molecule has 1 aliphatic rings. The van der Waals surface area contributed by atoms with E-state index >= 15 is 0 Å². The molecule has 12 heteroatoms. The van der Waals surface area contributed by atoms with E-state index in [2.05, 4.69) is 24.4 Å². The molecule has 0 radical (unpaired) electrons. The summed E-state index contributed by atoms with van der Waals surface area (Å²) in [5, 5.41) is 2.67. The Hall–Kier alpha value is -1.24. The Morgan fingerprint density at radius 3 is 2.30 bits per heavy atom. The first-order valence-corrected chi connectivity index (χ1v) is 11.6. The molecule has 1 amide bonds. The molecule has 0 saturated carbocycles. The van der Waals surface area contributed by atoms with E-state index in [9.17, 15) is 31.1 Å². The molecule has 0 spiro atoms. The Morgan fingerprint density at radius 2 is 1.76 bits per heavy atom. The molecule has 0 bridgehead atoms. The molecule has 1 aromatic carbocycles. The minimum absolute atomic E-state index is 0.0347. The average Bonchev–Trinajstić information content (AvgIpc) is 2.70. The van der Waals surface area contributed by atoms with Crippen molar-refractivity contribution in [2.75, 3.05) is 32.7 Å². The van der Waals surface area contributed by atoms with Gasteiger partial charge in [-0.15, -0.1) is 0 Å². The second-order valence-electron chi connectivity index (χ2n) is 8.74. The third-order valence-corrected chi connectivity index (χ3v) is 7.09. The highest BCUT2D eigenvalue weighted by Crippen LogP contribution is 2.40. The molecule has 2 rings (SSSR count). The first-order valence-electron chi connectivity index (χ1n) is 10.5. The van der Waals surface area contributed by atoms with Gasteiger partial charge in [-0.05, 0) is 63.9 Å². The van der Waals surface area contributed by atoms with Crippen LogP contribution in [0.15, 0.2) is 23.2 Å². The normalized spacial score (nSPS) is 17.3. The summed E-state index contributed by atoms with van der Waals surface area (Å²) in [5.41, 5.74) is -6.14. The number of hydrogen-bond donors (Lipinski definition) is 1. The van der Waals surface area contributed by atoms with E-state index in [0.717, 1.165) is 38.8 Å². The van der Waals surface area contributed by atoms with Crippen LogP contribution in [-0.2, 0) is 5.66 Å². The van der Waals surface area contributed by atoms with Gasteiger partial charge in [-0.2, -0.15) is 22.0 Å². The van der Waals surface area contributed by atoms with Crippen LogP contribution in [0.1, 0.15) is 42.6 Å². The number of aliphatic imine (C=N–C) groups is 1. The molecule has 4 nitrogen and oxygen atoms in total. The smallest absolute Gasteiger partial charge is 0.352 e. The van der Waals surface area contributed by atoms with Crippen LogP contribution in [0.5, 0.6) is 0 Å². The molecule has 33 heavy (non-hydrogen) atoms. The Labute approximate surface area is 194 Å². The lowest BCUT2D eigenvalue weighted by atomic mass is 9.94. The maximum absolute atomic E-state index is 13.6. The number of rotatable bonds is 8. The van der Waals surface area contributed by atoms with E-state index in [-0.39, 0.29) is 23.5 Å². The lowest BCUT2D eigenvalue weighted by Gasteiger charge is -2.32. The van der Waals surface area contributed by atoms with Crippen molar-refractivity contribution in [3.8, 4) is 0 Å². The molecule has 2 atom stereocenters. The summed E-state index contributed by atoms with van der Waals surface area (Å²) in [4.78, 5) is 18.5.